The molecule has 0 saturated heterocycles. The third-order valence-electron chi connectivity index (χ3n) is 5.80. The minimum Gasteiger partial charge on any atom is -0.352 e. The quantitative estimate of drug-likeness (QED) is 0.268. The zero-order valence-electron chi connectivity index (χ0n) is 21.7. The summed E-state index contributed by atoms with van der Waals surface area (Å²) in [4.78, 5) is 38.5. The van der Waals surface area contributed by atoms with Gasteiger partial charge in [-0.2, -0.15) is 0 Å². The number of carbonyl (C=O) groups excluding carboxylic acids is 2. The van der Waals surface area contributed by atoms with Gasteiger partial charge in [0, 0.05) is 29.7 Å². The van der Waals surface area contributed by atoms with Crippen LogP contribution < -0.4 is 9.62 Å². The molecule has 0 fully saturated rings. The number of non-ortho nitro benzene ring substituents is 1. The van der Waals surface area contributed by atoms with Gasteiger partial charge >= 0.3 is 0 Å². The van der Waals surface area contributed by atoms with E-state index in [0.29, 0.717) is 10.6 Å². The molecule has 2 amide bonds. The van der Waals surface area contributed by atoms with Crippen molar-refractivity contribution >= 4 is 44.8 Å². The number of nitro benzene ring substituents is 1. The number of sulfonamides is 1. The molecule has 0 aliphatic rings. The van der Waals surface area contributed by atoms with E-state index in [1.165, 1.54) is 29.2 Å². The number of nitrogens with one attached hydrogen (secondary N) is 1. The monoisotopic (exact) mass is 572 g/mol. The van der Waals surface area contributed by atoms with Gasteiger partial charge in [-0.25, -0.2) is 8.42 Å². The largest absolute Gasteiger partial charge is 0.352 e. The Balaban J connectivity index is 2.04. The number of rotatable bonds is 11. The van der Waals surface area contributed by atoms with Crippen LogP contribution in [0.25, 0.3) is 0 Å². The lowest BCUT2D eigenvalue weighted by atomic mass is 10.1. The summed E-state index contributed by atoms with van der Waals surface area (Å²) in [6, 6.07) is 18.0. The second kappa shape index (κ2) is 12.7. The lowest BCUT2D eigenvalue weighted by Gasteiger charge is -2.32. The lowest BCUT2D eigenvalue weighted by Crippen LogP contribution is -2.52. The van der Waals surface area contributed by atoms with Gasteiger partial charge in [-0.1, -0.05) is 41.9 Å². The number of carbonyl (C=O) groups is 2. The van der Waals surface area contributed by atoms with E-state index in [-0.39, 0.29) is 28.9 Å². The predicted octanol–water partition coefficient (Wildman–Crippen LogP) is 4.39. The molecule has 1 atom stereocenters. The number of nitro groups is 1. The average molecular weight is 573 g/mol. The molecule has 3 rings (SSSR count). The van der Waals surface area contributed by atoms with Crippen LogP contribution in [0.5, 0.6) is 0 Å². The van der Waals surface area contributed by atoms with Gasteiger partial charge in [-0.05, 0) is 62.7 Å². The zero-order valence-corrected chi connectivity index (χ0v) is 23.2. The van der Waals surface area contributed by atoms with E-state index in [9.17, 15) is 28.1 Å². The summed E-state index contributed by atoms with van der Waals surface area (Å²) < 4.78 is 28.3. The number of halogens is 1. The Hall–Kier alpha value is -3.96. The number of anilines is 1. The van der Waals surface area contributed by atoms with Gasteiger partial charge in [0.1, 0.15) is 12.6 Å². The first-order chi connectivity index (χ1) is 18.4. The highest BCUT2D eigenvalue weighted by Gasteiger charge is 2.32. The third-order valence-corrected chi connectivity index (χ3v) is 7.82. The minimum atomic E-state index is -4.27. The second-order valence-corrected chi connectivity index (χ2v) is 11.4. The fraction of sp³-hybridized carbons (Fsp3) is 0.259. The number of benzene rings is 3. The van der Waals surface area contributed by atoms with Crippen molar-refractivity contribution in [2.45, 2.75) is 44.3 Å². The molecule has 0 saturated carbocycles. The third kappa shape index (κ3) is 7.55. The van der Waals surface area contributed by atoms with E-state index in [2.05, 4.69) is 5.32 Å². The van der Waals surface area contributed by atoms with Crippen LogP contribution in [0.2, 0.25) is 5.02 Å². The summed E-state index contributed by atoms with van der Waals surface area (Å²) in [5.41, 5.74) is 0.469. The van der Waals surface area contributed by atoms with E-state index >= 15 is 0 Å². The Labute approximate surface area is 232 Å². The molecule has 0 bridgehead atoms. The number of amides is 2. The van der Waals surface area contributed by atoms with Gasteiger partial charge in [0.15, 0.2) is 0 Å². The Morgan fingerprint density at radius 1 is 0.974 bits per heavy atom. The van der Waals surface area contributed by atoms with Gasteiger partial charge < -0.3 is 10.2 Å². The second-order valence-electron chi connectivity index (χ2n) is 9.09. The van der Waals surface area contributed by atoms with E-state index in [0.717, 1.165) is 16.4 Å². The first-order valence-electron chi connectivity index (χ1n) is 12.1. The van der Waals surface area contributed by atoms with Crippen molar-refractivity contribution in [2.75, 3.05) is 10.8 Å². The minimum absolute atomic E-state index is 0.00837. The highest BCUT2D eigenvalue weighted by atomic mass is 35.5. The molecule has 3 aromatic rings. The maximum Gasteiger partial charge on any atom is 0.269 e. The van der Waals surface area contributed by atoms with Crippen LogP contribution in [0.15, 0.2) is 83.8 Å². The van der Waals surface area contributed by atoms with Crippen LogP contribution in [0.1, 0.15) is 26.3 Å². The highest BCUT2D eigenvalue weighted by Crippen LogP contribution is 2.26. The van der Waals surface area contributed by atoms with Crippen LogP contribution in [0.4, 0.5) is 11.4 Å². The molecule has 0 spiro atoms. The van der Waals surface area contributed by atoms with Crippen molar-refractivity contribution in [1.82, 2.24) is 10.2 Å². The molecule has 1 N–H and O–H groups in total. The Morgan fingerprint density at radius 2 is 1.62 bits per heavy atom. The molecule has 0 radical (unpaired) electrons. The maximum absolute atomic E-state index is 13.8. The van der Waals surface area contributed by atoms with E-state index in [1.54, 1.807) is 63.2 Å². The van der Waals surface area contributed by atoms with Crippen LogP contribution in [-0.2, 0) is 26.2 Å². The smallest absolute Gasteiger partial charge is 0.269 e. The molecular weight excluding hydrogens is 544 g/mol. The summed E-state index contributed by atoms with van der Waals surface area (Å²) in [6.45, 7) is 4.47. The fourth-order valence-corrected chi connectivity index (χ4v) is 5.46. The average Bonchev–Trinajstić information content (AvgIpc) is 2.90. The standard InChI is InChI=1S/C27H29ClN4O6S/c1-19(2)29-27(34)20(3)30(17-21-8-7-9-22(28)16-21)26(33)18-31(23-12-14-24(15-13-23)32(35)36)39(37,38)25-10-5-4-6-11-25/h4-16,19-20H,17-18H2,1-3H3,(H,29,34). The van der Waals surface area contributed by atoms with Crippen LogP contribution in [-0.4, -0.2) is 48.7 Å². The van der Waals surface area contributed by atoms with Gasteiger partial charge in [0.05, 0.1) is 15.5 Å². The van der Waals surface area contributed by atoms with Crippen LogP contribution >= 0.6 is 11.6 Å². The molecule has 0 aliphatic carbocycles. The summed E-state index contributed by atoms with van der Waals surface area (Å²) in [7, 11) is -4.27. The van der Waals surface area contributed by atoms with E-state index in [1.807, 2.05) is 0 Å². The number of hydrogen-bond acceptors (Lipinski definition) is 6. The first kappa shape index (κ1) is 29.6. The molecular formula is C27H29ClN4O6S. The van der Waals surface area contributed by atoms with Gasteiger partial charge in [0.2, 0.25) is 11.8 Å². The fourth-order valence-electron chi connectivity index (χ4n) is 3.81. The summed E-state index contributed by atoms with van der Waals surface area (Å²) in [5.74, 6) is -1.06. The summed E-state index contributed by atoms with van der Waals surface area (Å²) >= 11 is 6.13. The van der Waals surface area contributed by atoms with Crippen molar-refractivity contribution in [1.29, 1.82) is 0 Å². The molecule has 0 aliphatic heterocycles. The highest BCUT2D eigenvalue weighted by molar-refractivity contribution is 7.92. The predicted molar refractivity (Wildman–Crippen MR) is 149 cm³/mol. The number of nitrogens with zero attached hydrogens (tertiary/aromatic N) is 3. The number of hydrogen-bond donors (Lipinski definition) is 1. The van der Waals surface area contributed by atoms with Gasteiger partial charge in [-0.15, -0.1) is 0 Å². The molecule has 1 unspecified atom stereocenters. The first-order valence-corrected chi connectivity index (χ1v) is 13.9. The molecule has 0 aromatic heterocycles. The SMILES string of the molecule is CC(C)NC(=O)C(C)N(Cc1cccc(Cl)c1)C(=O)CN(c1ccc([N+](=O)[O-])cc1)S(=O)(=O)c1ccccc1. The molecule has 39 heavy (non-hydrogen) atoms. The Morgan fingerprint density at radius 3 is 2.18 bits per heavy atom. The van der Waals surface area contributed by atoms with E-state index < -0.39 is 39.3 Å². The zero-order chi connectivity index (χ0) is 28.7. The molecule has 3 aromatic carbocycles. The van der Waals surface area contributed by atoms with E-state index in [4.69, 9.17) is 11.6 Å². The van der Waals surface area contributed by atoms with Crippen molar-refractivity contribution in [2.24, 2.45) is 0 Å². The van der Waals surface area contributed by atoms with Crippen LogP contribution in [0.3, 0.4) is 0 Å². The molecule has 10 nitrogen and oxygen atoms in total. The molecule has 12 heteroatoms. The summed E-state index contributed by atoms with van der Waals surface area (Å²) in [6.07, 6.45) is 0. The van der Waals surface area contributed by atoms with Gasteiger partial charge in [0.25, 0.3) is 15.7 Å². The van der Waals surface area contributed by atoms with Gasteiger partial charge in [-0.3, -0.25) is 24.0 Å². The Kier molecular flexibility index (Phi) is 9.66. The van der Waals surface area contributed by atoms with Crippen molar-refractivity contribution < 1.29 is 22.9 Å². The lowest BCUT2D eigenvalue weighted by molar-refractivity contribution is -0.384. The molecule has 206 valence electrons. The normalized spacial score (nSPS) is 12.0. The van der Waals surface area contributed by atoms with Crippen molar-refractivity contribution in [3.63, 3.8) is 0 Å². The van der Waals surface area contributed by atoms with Crippen LogP contribution in [0, 0.1) is 10.1 Å². The van der Waals surface area contributed by atoms with Crippen molar-refractivity contribution in [3.05, 3.63) is 99.6 Å². The topological polar surface area (TPSA) is 130 Å². The summed E-state index contributed by atoms with van der Waals surface area (Å²) in [5, 5.41) is 14.4. The maximum atomic E-state index is 13.8. The van der Waals surface area contributed by atoms with Crippen molar-refractivity contribution in [3.8, 4) is 0 Å². The molecule has 0 heterocycles. The Bertz CT molecular complexity index is 1430.